The van der Waals surface area contributed by atoms with Crippen LogP contribution in [0.5, 0.6) is 0 Å². The van der Waals surface area contributed by atoms with Crippen LogP contribution >= 0.6 is 0 Å². The summed E-state index contributed by atoms with van der Waals surface area (Å²) in [5, 5.41) is 10.7. The Morgan fingerprint density at radius 3 is 2.58 bits per heavy atom. The number of esters is 2. The second-order valence-corrected chi connectivity index (χ2v) is 8.94. The predicted molar refractivity (Wildman–Crippen MR) is 117 cm³/mol. The molecule has 2 aromatic carbocycles. The molecule has 0 amide bonds. The van der Waals surface area contributed by atoms with Gasteiger partial charge in [0.1, 0.15) is 24.6 Å². The summed E-state index contributed by atoms with van der Waals surface area (Å²) >= 11 is 0. The fraction of sp³-hybridized carbons (Fsp3) is 0.440. The maximum absolute atomic E-state index is 14.3. The lowest BCUT2D eigenvalue weighted by Crippen LogP contribution is -2.34. The zero-order chi connectivity index (χ0) is 22.9. The third kappa shape index (κ3) is 4.64. The van der Waals surface area contributed by atoms with E-state index in [1.165, 1.54) is 11.6 Å². The number of hydrogen-bond donors (Lipinski definition) is 1. The van der Waals surface area contributed by atoms with Crippen molar-refractivity contribution < 1.29 is 28.6 Å². The Morgan fingerprint density at radius 2 is 1.70 bits per heavy atom. The molecule has 3 aliphatic rings. The topological polar surface area (TPSA) is 79.3 Å². The predicted octanol–water partition coefficient (Wildman–Crippen LogP) is 2.45. The smallest absolute Gasteiger partial charge is 0.341 e. The molecule has 1 fully saturated rings. The van der Waals surface area contributed by atoms with Gasteiger partial charge in [0.2, 0.25) is 0 Å². The molecule has 1 saturated heterocycles. The van der Waals surface area contributed by atoms with Crippen LogP contribution < -0.4 is 0 Å². The van der Waals surface area contributed by atoms with Crippen LogP contribution in [-0.2, 0) is 29.1 Å². The first-order valence-electron chi connectivity index (χ1n) is 11.4. The molecular weight excluding hydrogens is 427 g/mol. The molecule has 2 aromatic rings. The summed E-state index contributed by atoms with van der Waals surface area (Å²) in [6, 6.07) is 8.84. The van der Waals surface area contributed by atoms with E-state index >= 15 is 0 Å². The van der Waals surface area contributed by atoms with Crippen molar-refractivity contribution in [2.75, 3.05) is 39.3 Å². The van der Waals surface area contributed by atoms with Crippen molar-refractivity contribution in [2.45, 2.75) is 32.2 Å². The van der Waals surface area contributed by atoms with E-state index < -0.39 is 17.9 Å². The number of fused-ring (bicyclic) bond motifs is 2. The molecule has 1 atom stereocenters. The van der Waals surface area contributed by atoms with Gasteiger partial charge in [0.25, 0.3) is 0 Å². The number of benzene rings is 2. The lowest BCUT2D eigenvalue weighted by atomic mass is 10.0. The van der Waals surface area contributed by atoms with E-state index in [2.05, 4.69) is 15.9 Å². The van der Waals surface area contributed by atoms with E-state index in [1.54, 1.807) is 6.07 Å². The van der Waals surface area contributed by atoms with Crippen LogP contribution in [0.25, 0.3) is 0 Å². The number of rotatable bonds is 6. The van der Waals surface area contributed by atoms with Gasteiger partial charge in [-0.2, -0.15) is 0 Å². The average Bonchev–Trinajstić information content (AvgIpc) is 3.28. The van der Waals surface area contributed by atoms with Gasteiger partial charge in [-0.15, -0.1) is 0 Å². The molecule has 174 valence electrons. The highest BCUT2D eigenvalue weighted by molar-refractivity contribution is 5.94. The average molecular weight is 454 g/mol. The van der Waals surface area contributed by atoms with Crippen molar-refractivity contribution in [1.82, 2.24) is 9.80 Å². The molecule has 8 heteroatoms. The minimum absolute atomic E-state index is 0.0149. The molecule has 33 heavy (non-hydrogen) atoms. The fourth-order valence-corrected chi connectivity index (χ4v) is 4.85. The molecule has 1 unspecified atom stereocenters. The zero-order valence-corrected chi connectivity index (χ0v) is 18.4. The number of carbonyl (C=O) groups excluding carboxylic acids is 2. The molecule has 0 bridgehead atoms. The van der Waals surface area contributed by atoms with Crippen LogP contribution in [0.3, 0.4) is 0 Å². The Kier molecular flexibility index (Phi) is 6.14. The lowest BCUT2D eigenvalue weighted by molar-refractivity contribution is 0.0524. The number of β-amino-alcohol motifs (C(OH)–C–C–N with tert-alkyl or cyclic N) is 1. The van der Waals surface area contributed by atoms with E-state index in [0.29, 0.717) is 29.8 Å². The third-order valence-electron chi connectivity index (χ3n) is 6.72. The number of aliphatic hydroxyl groups is 1. The van der Waals surface area contributed by atoms with Crippen molar-refractivity contribution in [3.8, 4) is 0 Å². The van der Waals surface area contributed by atoms with Gasteiger partial charge in [0.05, 0.1) is 11.7 Å². The molecular formula is C25H27FN2O5. The molecule has 0 aliphatic carbocycles. The fourth-order valence-electron chi connectivity index (χ4n) is 4.85. The molecule has 0 spiro atoms. The van der Waals surface area contributed by atoms with Crippen molar-refractivity contribution >= 4 is 11.9 Å². The number of nitrogens with zero attached hydrogens (tertiary/aromatic N) is 2. The Balaban J connectivity index is 1.14. The Hall–Kier alpha value is -2.81. The molecule has 1 N–H and O–H groups in total. The maximum Gasteiger partial charge on any atom is 0.341 e. The largest absolute Gasteiger partial charge is 0.457 e. The highest BCUT2D eigenvalue weighted by Gasteiger charge is 2.28. The summed E-state index contributed by atoms with van der Waals surface area (Å²) in [5.74, 6) is -1.51. The Bertz CT molecular complexity index is 1090. The number of cyclic esters (lactones) is 2. The first-order valence-corrected chi connectivity index (χ1v) is 11.4. The van der Waals surface area contributed by atoms with Crippen molar-refractivity contribution in [2.24, 2.45) is 0 Å². The first-order chi connectivity index (χ1) is 16.0. The summed E-state index contributed by atoms with van der Waals surface area (Å²) < 4.78 is 24.3. The summed E-state index contributed by atoms with van der Waals surface area (Å²) in [4.78, 5) is 27.8. The monoisotopic (exact) mass is 454 g/mol. The molecule has 0 radical (unpaired) electrons. The number of carbonyl (C=O) groups is 2. The van der Waals surface area contributed by atoms with Crippen molar-refractivity contribution in [3.05, 3.63) is 69.5 Å². The molecule has 3 aliphatic heterocycles. The SMILES string of the molecule is O=C1OCc2cc(CCN3CCCN(CC(O)c4cc(F)c5c(c4)COC5=O)CC3)ccc21. The van der Waals surface area contributed by atoms with Crippen LogP contribution in [0.2, 0.25) is 0 Å². The van der Waals surface area contributed by atoms with Gasteiger partial charge in [-0.3, -0.25) is 4.90 Å². The standard InChI is InChI=1S/C25H27FN2O5/c26-21-12-17(11-19-15-33-25(31)23(19)21)22(29)13-28-6-1-5-27(8-9-28)7-4-16-2-3-20-18(10-16)14-32-24(20)30/h2-3,10-12,22,29H,1,4-9,13-15H2. The number of hydrogen-bond acceptors (Lipinski definition) is 7. The summed E-state index contributed by atoms with van der Waals surface area (Å²) in [7, 11) is 0. The number of aliphatic hydroxyl groups excluding tert-OH is 1. The zero-order valence-electron chi connectivity index (χ0n) is 18.4. The summed E-state index contributed by atoms with van der Waals surface area (Å²) in [6.07, 6.45) is 1.06. The minimum atomic E-state index is -0.830. The van der Waals surface area contributed by atoms with Gasteiger partial charge in [-0.25, -0.2) is 14.0 Å². The van der Waals surface area contributed by atoms with E-state index in [0.717, 1.165) is 51.1 Å². The highest BCUT2D eigenvalue weighted by Crippen LogP contribution is 2.28. The van der Waals surface area contributed by atoms with Gasteiger partial charge in [-0.05, 0) is 55.3 Å². The van der Waals surface area contributed by atoms with E-state index in [1.807, 2.05) is 12.1 Å². The molecule has 7 nitrogen and oxygen atoms in total. The molecule has 3 heterocycles. The summed E-state index contributed by atoms with van der Waals surface area (Å²) in [5.41, 5.74) is 3.80. The van der Waals surface area contributed by atoms with Crippen LogP contribution in [-0.4, -0.2) is 66.1 Å². The summed E-state index contributed by atoms with van der Waals surface area (Å²) in [6.45, 7) is 5.30. The van der Waals surface area contributed by atoms with Crippen molar-refractivity contribution in [1.29, 1.82) is 0 Å². The maximum atomic E-state index is 14.3. The lowest BCUT2D eigenvalue weighted by Gasteiger charge is -2.24. The number of halogens is 1. The normalized spacial score (nSPS) is 19.6. The van der Waals surface area contributed by atoms with Gasteiger partial charge in [0.15, 0.2) is 0 Å². The quantitative estimate of drug-likeness (QED) is 0.672. The van der Waals surface area contributed by atoms with Gasteiger partial charge in [-0.1, -0.05) is 12.1 Å². The Labute approximate surface area is 191 Å². The van der Waals surface area contributed by atoms with Gasteiger partial charge in [0, 0.05) is 37.3 Å². The third-order valence-corrected chi connectivity index (χ3v) is 6.72. The second-order valence-electron chi connectivity index (χ2n) is 8.94. The number of ether oxygens (including phenoxy) is 2. The van der Waals surface area contributed by atoms with Gasteiger partial charge < -0.3 is 19.5 Å². The molecule has 0 saturated carbocycles. The second kappa shape index (κ2) is 9.21. The first kappa shape index (κ1) is 22.0. The molecule has 0 aromatic heterocycles. The van der Waals surface area contributed by atoms with Gasteiger partial charge >= 0.3 is 11.9 Å². The van der Waals surface area contributed by atoms with E-state index in [-0.39, 0.29) is 18.1 Å². The van der Waals surface area contributed by atoms with E-state index in [4.69, 9.17) is 9.47 Å². The van der Waals surface area contributed by atoms with E-state index in [9.17, 15) is 19.1 Å². The van der Waals surface area contributed by atoms with Crippen molar-refractivity contribution in [3.63, 3.8) is 0 Å². The molecule has 5 rings (SSSR count). The Morgan fingerprint density at radius 1 is 0.939 bits per heavy atom. The van der Waals surface area contributed by atoms with Crippen LogP contribution in [0, 0.1) is 5.82 Å². The van der Waals surface area contributed by atoms with Crippen LogP contribution in [0.4, 0.5) is 4.39 Å². The highest BCUT2D eigenvalue weighted by atomic mass is 19.1. The van der Waals surface area contributed by atoms with Crippen LogP contribution in [0.15, 0.2) is 30.3 Å². The van der Waals surface area contributed by atoms with Crippen LogP contribution in [0.1, 0.15) is 55.5 Å². The minimum Gasteiger partial charge on any atom is -0.457 e.